The molecule has 0 saturated heterocycles. The maximum absolute atomic E-state index is 5.79. The second-order valence-electron chi connectivity index (χ2n) is 5.77. The molecule has 0 atom stereocenters. The van der Waals surface area contributed by atoms with E-state index in [2.05, 4.69) is 47.4 Å². The average molecular weight is 474 g/mol. The first kappa shape index (κ1) is 21.7. The van der Waals surface area contributed by atoms with Crippen molar-refractivity contribution in [2.75, 3.05) is 20.2 Å². The van der Waals surface area contributed by atoms with Crippen molar-refractivity contribution in [3.8, 4) is 5.75 Å². The molecule has 0 unspecified atom stereocenters. The van der Waals surface area contributed by atoms with Crippen LogP contribution in [0.3, 0.4) is 0 Å². The molecule has 25 heavy (non-hydrogen) atoms. The van der Waals surface area contributed by atoms with E-state index in [0.29, 0.717) is 19.7 Å². The summed E-state index contributed by atoms with van der Waals surface area (Å²) >= 11 is 1.71. The van der Waals surface area contributed by atoms with Gasteiger partial charge in [0, 0.05) is 11.9 Å². The molecule has 0 bridgehead atoms. The molecule has 1 aromatic carbocycles. The predicted octanol–water partition coefficient (Wildman–Crippen LogP) is 3.74. The molecule has 2 rings (SSSR count). The van der Waals surface area contributed by atoms with Crippen LogP contribution in [0.1, 0.15) is 26.7 Å². The Morgan fingerprint density at radius 1 is 1.12 bits per heavy atom. The van der Waals surface area contributed by atoms with Crippen molar-refractivity contribution in [3.05, 3.63) is 44.9 Å². The van der Waals surface area contributed by atoms with Crippen molar-refractivity contribution in [1.29, 1.82) is 0 Å². The zero-order valence-electron chi connectivity index (χ0n) is 15.5. The van der Waals surface area contributed by atoms with Crippen molar-refractivity contribution in [3.63, 3.8) is 0 Å². The van der Waals surface area contributed by atoms with Gasteiger partial charge in [-0.25, -0.2) is 4.98 Å². The molecule has 0 spiro atoms. The number of rotatable bonds is 6. The maximum atomic E-state index is 5.79. The predicted molar refractivity (Wildman–Crippen MR) is 117 cm³/mol. The van der Waals surface area contributed by atoms with Crippen LogP contribution in [0.15, 0.2) is 23.2 Å². The highest BCUT2D eigenvalue weighted by Gasteiger charge is 2.04. The van der Waals surface area contributed by atoms with Crippen LogP contribution in [0.25, 0.3) is 0 Å². The average Bonchev–Trinajstić information content (AvgIpc) is 2.84. The Balaban J connectivity index is 0.00000312. The number of guanidine groups is 1. The molecule has 2 aromatic rings. The number of aromatic nitrogens is 1. The van der Waals surface area contributed by atoms with Crippen LogP contribution < -0.4 is 15.4 Å². The minimum absolute atomic E-state index is 0. The summed E-state index contributed by atoms with van der Waals surface area (Å²) in [6, 6.07) is 6.24. The zero-order chi connectivity index (χ0) is 17.5. The molecule has 0 amide bonds. The first-order chi connectivity index (χ1) is 11.5. The van der Waals surface area contributed by atoms with Crippen LogP contribution in [0, 0.1) is 27.7 Å². The molecule has 0 fully saturated rings. The lowest BCUT2D eigenvalue weighted by Crippen LogP contribution is -2.38. The molecule has 5 nitrogen and oxygen atoms in total. The van der Waals surface area contributed by atoms with Gasteiger partial charge in [0.05, 0.1) is 18.8 Å². The number of aryl methyl sites for hydroxylation is 4. The topological polar surface area (TPSA) is 58.5 Å². The van der Waals surface area contributed by atoms with Crippen molar-refractivity contribution in [2.45, 2.75) is 34.2 Å². The highest BCUT2D eigenvalue weighted by molar-refractivity contribution is 14.0. The van der Waals surface area contributed by atoms with Gasteiger partial charge >= 0.3 is 0 Å². The van der Waals surface area contributed by atoms with E-state index in [1.165, 1.54) is 16.0 Å². The molecule has 0 aliphatic rings. The fraction of sp³-hybridized carbons (Fsp3) is 0.444. The van der Waals surface area contributed by atoms with Gasteiger partial charge in [0.2, 0.25) is 0 Å². The summed E-state index contributed by atoms with van der Waals surface area (Å²) in [7, 11) is 1.76. The monoisotopic (exact) mass is 474 g/mol. The van der Waals surface area contributed by atoms with Crippen LogP contribution in [0.2, 0.25) is 0 Å². The molecule has 0 radical (unpaired) electrons. The normalized spacial score (nSPS) is 11.0. The standard InChI is InChI=1S/C18H26N4OS.HI/c1-12-8-13(2)10-16(9-12)23-7-6-20-18(19-5)21-11-17-22-14(3)15(4)24-17;/h8-10H,6-7,11H2,1-5H3,(H2,19,20,21);1H. The molecular formula is C18H27IN4OS. The lowest BCUT2D eigenvalue weighted by molar-refractivity contribution is 0.321. The van der Waals surface area contributed by atoms with E-state index < -0.39 is 0 Å². The smallest absolute Gasteiger partial charge is 0.191 e. The summed E-state index contributed by atoms with van der Waals surface area (Å²) < 4.78 is 5.79. The Kier molecular flexibility index (Phi) is 9.20. The van der Waals surface area contributed by atoms with E-state index in [-0.39, 0.29) is 24.0 Å². The number of benzene rings is 1. The Hall–Kier alpha value is -1.35. The third kappa shape index (κ3) is 7.19. The van der Waals surface area contributed by atoms with E-state index in [9.17, 15) is 0 Å². The van der Waals surface area contributed by atoms with Crippen LogP contribution in [-0.4, -0.2) is 31.1 Å². The first-order valence-electron chi connectivity index (χ1n) is 8.06. The third-order valence-corrected chi connectivity index (χ3v) is 4.63. The number of aliphatic imine (C=N–C) groups is 1. The number of halogens is 1. The van der Waals surface area contributed by atoms with E-state index in [0.717, 1.165) is 22.4 Å². The molecule has 0 saturated carbocycles. The number of nitrogens with zero attached hydrogens (tertiary/aromatic N) is 2. The molecule has 0 aliphatic carbocycles. The highest BCUT2D eigenvalue weighted by Crippen LogP contribution is 2.16. The number of hydrogen-bond donors (Lipinski definition) is 2. The summed E-state index contributed by atoms with van der Waals surface area (Å²) in [5, 5.41) is 7.59. The fourth-order valence-corrected chi connectivity index (χ4v) is 3.22. The maximum Gasteiger partial charge on any atom is 0.191 e. The highest BCUT2D eigenvalue weighted by atomic mass is 127. The van der Waals surface area contributed by atoms with Gasteiger partial charge in [-0.15, -0.1) is 35.3 Å². The summed E-state index contributed by atoms with van der Waals surface area (Å²) in [5.74, 6) is 1.66. The summed E-state index contributed by atoms with van der Waals surface area (Å²) in [5.41, 5.74) is 3.52. The molecule has 7 heteroatoms. The summed E-state index contributed by atoms with van der Waals surface area (Å²) in [6.45, 7) is 10.2. The number of thiazole rings is 1. The van der Waals surface area contributed by atoms with Gasteiger partial charge in [-0.1, -0.05) is 6.07 Å². The summed E-state index contributed by atoms with van der Waals surface area (Å²) in [4.78, 5) is 10.00. The summed E-state index contributed by atoms with van der Waals surface area (Å²) in [6.07, 6.45) is 0. The number of hydrogen-bond acceptors (Lipinski definition) is 4. The lowest BCUT2D eigenvalue weighted by Gasteiger charge is -2.12. The van der Waals surface area contributed by atoms with E-state index in [4.69, 9.17) is 4.74 Å². The van der Waals surface area contributed by atoms with Gasteiger partial charge in [0.25, 0.3) is 0 Å². The first-order valence-corrected chi connectivity index (χ1v) is 8.88. The minimum atomic E-state index is 0. The van der Waals surface area contributed by atoms with E-state index >= 15 is 0 Å². The van der Waals surface area contributed by atoms with Crippen LogP contribution in [0.4, 0.5) is 0 Å². The third-order valence-electron chi connectivity index (χ3n) is 3.56. The fourth-order valence-electron chi connectivity index (χ4n) is 2.35. The van der Waals surface area contributed by atoms with Crippen LogP contribution >= 0.6 is 35.3 Å². The Morgan fingerprint density at radius 2 is 1.80 bits per heavy atom. The molecule has 2 N–H and O–H groups in total. The Morgan fingerprint density at radius 3 is 2.36 bits per heavy atom. The molecule has 138 valence electrons. The number of ether oxygens (including phenoxy) is 1. The quantitative estimate of drug-likeness (QED) is 0.290. The minimum Gasteiger partial charge on any atom is -0.492 e. The Labute approximate surface area is 171 Å². The van der Waals surface area contributed by atoms with Gasteiger partial charge in [0.1, 0.15) is 17.4 Å². The molecular weight excluding hydrogens is 447 g/mol. The van der Waals surface area contributed by atoms with Gasteiger partial charge in [-0.05, 0) is 51.0 Å². The largest absolute Gasteiger partial charge is 0.492 e. The number of nitrogens with one attached hydrogen (secondary N) is 2. The molecule has 0 aliphatic heterocycles. The second kappa shape index (κ2) is 10.6. The second-order valence-corrected chi connectivity index (χ2v) is 7.06. The van der Waals surface area contributed by atoms with Gasteiger partial charge in [-0.2, -0.15) is 0 Å². The van der Waals surface area contributed by atoms with Gasteiger partial charge in [-0.3, -0.25) is 4.99 Å². The van der Waals surface area contributed by atoms with Gasteiger partial charge < -0.3 is 15.4 Å². The zero-order valence-corrected chi connectivity index (χ0v) is 18.6. The van der Waals surface area contributed by atoms with Crippen LogP contribution in [0.5, 0.6) is 5.75 Å². The van der Waals surface area contributed by atoms with Crippen LogP contribution in [-0.2, 0) is 6.54 Å². The van der Waals surface area contributed by atoms with Crippen molar-refractivity contribution < 1.29 is 4.74 Å². The lowest BCUT2D eigenvalue weighted by atomic mass is 10.1. The van der Waals surface area contributed by atoms with E-state index in [1.807, 2.05) is 19.1 Å². The van der Waals surface area contributed by atoms with E-state index in [1.54, 1.807) is 18.4 Å². The van der Waals surface area contributed by atoms with Gasteiger partial charge in [0.15, 0.2) is 5.96 Å². The molecule has 1 heterocycles. The van der Waals surface area contributed by atoms with Crippen molar-refractivity contribution in [2.24, 2.45) is 4.99 Å². The van der Waals surface area contributed by atoms with Crippen molar-refractivity contribution in [1.82, 2.24) is 15.6 Å². The van der Waals surface area contributed by atoms with Crippen molar-refractivity contribution >= 4 is 41.3 Å². The Bertz CT molecular complexity index is 675. The SMILES string of the molecule is CN=C(NCCOc1cc(C)cc(C)c1)NCc1nc(C)c(C)s1.I. The molecule has 1 aromatic heterocycles.